The summed E-state index contributed by atoms with van der Waals surface area (Å²) in [7, 11) is -2.59. The monoisotopic (exact) mass is 415 g/mol. The van der Waals surface area contributed by atoms with Crippen molar-refractivity contribution in [3.63, 3.8) is 0 Å². The second kappa shape index (κ2) is 6.93. The second-order valence-corrected chi connectivity index (χ2v) is 8.31. The van der Waals surface area contributed by atoms with Gasteiger partial charge in [0.15, 0.2) is 0 Å². The Morgan fingerprint density at radius 2 is 1.86 bits per heavy atom. The molecule has 4 rings (SSSR count). The van der Waals surface area contributed by atoms with Gasteiger partial charge in [0.2, 0.25) is 0 Å². The molecular weight excluding hydrogens is 398 g/mol. The van der Waals surface area contributed by atoms with E-state index in [2.05, 4.69) is 4.74 Å². The van der Waals surface area contributed by atoms with Crippen molar-refractivity contribution >= 4 is 38.4 Å². The maximum absolute atomic E-state index is 12.9. The molecule has 8 nitrogen and oxygen atoms in total. The van der Waals surface area contributed by atoms with Crippen molar-refractivity contribution in [2.75, 3.05) is 18.0 Å². The number of furan rings is 1. The highest BCUT2D eigenvalue weighted by Crippen LogP contribution is 2.41. The van der Waals surface area contributed by atoms with Gasteiger partial charge in [-0.3, -0.25) is 9.10 Å². The lowest BCUT2D eigenvalue weighted by Crippen LogP contribution is -2.33. The van der Waals surface area contributed by atoms with Crippen molar-refractivity contribution in [2.24, 2.45) is 0 Å². The third kappa shape index (κ3) is 3.13. The lowest BCUT2D eigenvalue weighted by atomic mass is 10.1. The Balaban J connectivity index is 1.51. The fourth-order valence-corrected chi connectivity index (χ4v) is 5.03. The zero-order chi connectivity index (χ0) is 20.8. The Labute approximate surface area is 166 Å². The molecule has 2 aromatic carbocycles. The minimum atomic E-state index is -3.85. The Kier molecular flexibility index (Phi) is 4.54. The Morgan fingerprint density at radius 3 is 2.59 bits per heavy atom. The van der Waals surface area contributed by atoms with Crippen molar-refractivity contribution in [2.45, 2.75) is 18.4 Å². The zero-order valence-electron chi connectivity index (χ0n) is 15.7. The molecule has 0 saturated heterocycles. The van der Waals surface area contributed by atoms with E-state index in [0.29, 0.717) is 16.8 Å². The molecule has 0 saturated carbocycles. The number of rotatable bonds is 5. The van der Waals surface area contributed by atoms with E-state index in [1.54, 1.807) is 25.1 Å². The van der Waals surface area contributed by atoms with E-state index in [1.165, 1.54) is 19.2 Å². The van der Waals surface area contributed by atoms with Crippen LogP contribution in [0.15, 0.2) is 51.8 Å². The lowest BCUT2D eigenvalue weighted by molar-refractivity contribution is -0.143. The molecule has 9 heteroatoms. The predicted molar refractivity (Wildman–Crippen MR) is 103 cm³/mol. The molecule has 3 aromatic rings. The van der Waals surface area contributed by atoms with Gasteiger partial charge in [-0.1, -0.05) is 24.3 Å². The number of nitrogens with zero attached hydrogens (tertiary/aromatic N) is 1. The van der Waals surface area contributed by atoms with Crippen molar-refractivity contribution in [1.29, 1.82) is 0 Å². The third-order valence-electron chi connectivity index (χ3n) is 4.70. The highest BCUT2D eigenvalue weighted by molar-refractivity contribution is 7.93. The van der Waals surface area contributed by atoms with E-state index in [1.807, 2.05) is 12.1 Å². The average Bonchev–Trinajstić information content (AvgIpc) is 3.18. The molecule has 1 aliphatic rings. The first-order valence-electron chi connectivity index (χ1n) is 8.70. The van der Waals surface area contributed by atoms with Crippen LogP contribution in [-0.2, 0) is 30.9 Å². The fourth-order valence-electron chi connectivity index (χ4n) is 3.37. The minimum Gasteiger partial charge on any atom is -0.465 e. The maximum atomic E-state index is 12.9. The zero-order valence-corrected chi connectivity index (χ0v) is 16.5. The van der Waals surface area contributed by atoms with Crippen LogP contribution in [0.1, 0.15) is 21.9 Å². The van der Waals surface area contributed by atoms with Gasteiger partial charge in [0.1, 0.15) is 30.2 Å². The lowest BCUT2D eigenvalue weighted by Gasteiger charge is -2.17. The van der Waals surface area contributed by atoms with Gasteiger partial charge in [-0.05, 0) is 30.5 Å². The number of methoxy groups -OCH3 is 1. The summed E-state index contributed by atoms with van der Waals surface area (Å²) in [6.07, 6.45) is 0. The van der Waals surface area contributed by atoms with Crippen LogP contribution < -0.4 is 4.31 Å². The van der Waals surface area contributed by atoms with E-state index < -0.39 is 28.5 Å². The van der Waals surface area contributed by atoms with E-state index in [4.69, 9.17) is 9.15 Å². The molecular formula is C20H17NO7S. The van der Waals surface area contributed by atoms with Crippen LogP contribution in [0.2, 0.25) is 0 Å². The Morgan fingerprint density at radius 1 is 1.14 bits per heavy atom. The summed E-state index contributed by atoms with van der Waals surface area (Å²) >= 11 is 0. The smallest absolute Gasteiger partial charge is 0.341 e. The number of hydrogen-bond acceptors (Lipinski definition) is 7. The number of carbonyl (C=O) groups excluding carboxylic acids is 2. The summed E-state index contributed by atoms with van der Waals surface area (Å²) < 4.78 is 42.0. The van der Waals surface area contributed by atoms with Gasteiger partial charge in [0, 0.05) is 5.39 Å². The number of benzene rings is 2. The first-order valence-corrected chi connectivity index (χ1v) is 10.1. The van der Waals surface area contributed by atoms with Crippen molar-refractivity contribution in [1.82, 2.24) is 0 Å². The molecule has 0 radical (unpaired) electrons. The highest BCUT2D eigenvalue weighted by atomic mass is 32.2. The van der Waals surface area contributed by atoms with Crippen molar-refractivity contribution in [3.8, 4) is 0 Å². The number of ether oxygens (including phenoxy) is 2. The van der Waals surface area contributed by atoms with Gasteiger partial charge >= 0.3 is 11.9 Å². The molecule has 2 heterocycles. The van der Waals surface area contributed by atoms with Gasteiger partial charge in [-0.25, -0.2) is 13.2 Å². The summed E-state index contributed by atoms with van der Waals surface area (Å²) in [4.78, 5) is 24.1. The molecule has 0 bridgehead atoms. The van der Waals surface area contributed by atoms with Crippen LogP contribution in [0.4, 0.5) is 5.69 Å². The van der Waals surface area contributed by atoms with Gasteiger partial charge in [-0.2, -0.15) is 0 Å². The summed E-state index contributed by atoms with van der Waals surface area (Å²) in [6.45, 7) is 0.883. The number of esters is 2. The SMILES string of the molecule is COC(=O)c1cc(COC(=O)CN2c3cccc4cccc(c34)S2(=O)=O)oc1C. The van der Waals surface area contributed by atoms with E-state index in [0.717, 1.165) is 9.69 Å². The van der Waals surface area contributed by atoms with Crippen LogP contribution in [-0.4, -0.2) is 34.0 Å². The molecule has 29 heavy (non-hydrogen) atoms. The Bertz CT molecular complexity index is 1240. The number of sulfonamides is 1. The number of anilines is 1. The van der Waals surface area contributed by atoms with E-state index >= 15 is 0 Å². The minimum absolute atomic E-state index is 0.169. The molecule has 1 aromatic heterocycles. The molecule has 0 spiro atoms. The van der Waals surface area contributed by atoms with Crippen LogP contribution in [0.5, 0.6) is 0 Å². The largest absolute Gasteiger partial charge is 0.465 e. The summed E-state index contributed by atoms with van der Waals surface area (Å²) in [6, 6.07) is 11.6. The molecule has 150 valence electrons. The predicted octanol–water partition coefficient (Wildman–Crippen LogP) is 2.78. The molecule has 0 fully saturated rings. The van der Waals surface area contributed by atoms with Gasteiger partial charge in [-0.15, -0.1) is 0 Å². The van der Waals surface area contributed by atoms with E-state index in [9.17, 15) is 18.0 Å². The third-order valence-corrected chi connectivity index (χ3v) is 6.51. The van der Waals surface area contributed by atoms with Gasteiger partial charge in [0.05, 0.1) is 17.7 Å². The van der Waals surface area contributed by atoms with Crippen LogP contribution >= 0.6 is 0 Å². The second-order valence-electron chi connectivity index (χ2n) is 6.48. The number of hydrogen-bond donors (Lipinski definition) is 0. The van der Waals surface area contributed by atoms with Gasteiger partial charge in [0.25, 0.3) is 10.0 Å². The molecule has 0 amide bonds. The normalized spacial score (nSPS) is 14.2. The van der Waals surface area contributed by atoms with E-state index in [-0.39, 0.29) is 22.8 Å². The Hall–Kier alpha value is -3.33. The standard InChI is InChI=1S/C20H17NO7S/c1-12-15(20(23)26-2)9-14(28-12)11-27-18(22)10-21-16-7-3-5-13-6-4-8-17(19(13)16)29(21,24)25/h3-9H,10-11H2,1-2H3. The summed E-state index contributed by atoms with van der Waals surface area (Å²) in [5.74, 6) is -0.706. The van der Waals surface area contributed by atoms with Gasteiger partial charge < -0.3 is 13.9 Å². The molecule has 0 atom stereocenters. The maximum Gasteiger partial charge on any atom is 0.341 e. The quantitative estimate of drug-likeness (QED) is 0.590. The molecule has 0 unspecified atom stereocenters. The number of aryl methyl sites for hydroxylation is 1. The first-order chi connectivity index (χ1) is 13.8. The molecule has 1 aliphatic heterocycles. The topological polar surface area (TPSA) is 103 Å². The average molecular weight is 415 g/mol. The van der Waals surface area contributed by atoms with Crippen LogP contribution in [0, 0.1) is 6.92 Å². The van der Waals surface area contributed by atoms with Crippen LogP contribution in [0.3, 0.4) is 0 Å². The van der Waals surface area contributed by atoms with Crippen LogP contribution in [0.25, 0.3) is 10.8 Å². The summed E-state index contributed by atoms with van der Waals surface area (Å²) in [5.41, 5.74) is 0.680. The fraction of sp³-hybridized carbons (Fsp3) is 0.200. The highest BCUT2D eigenvalue weighted by Gasteiger charge is 2.37. The first kappa shape index (κ1) is 19.0. The van der Waals surface area contributed by atoms with Crippen molar-refractivity contribution < 1.29 is 31.9 Å². The summed E-state index contributed by atoms with van der Waals surface area (Å²) in [5, 5.41) is 1.37. The molecule has 0 aliphatic carbocycles. The number of carbonyl (C=O) groups is 2. The van der Waals surface area contributed by atoms with Crippen molar-refractivity contribution in [3.05, 3.63) is 59.5 Å². The molecule has 0 N–H and O–H groups in total.